The Bertz CT molecular complexity index is 1190. The van der Waals surface area contributed by atoms with E-state index in [4.69, 9.17) is 9.15 Å². The quantitative estimate of drug-likeness (QED) is 0.317. The summed E-state index contributed by atoms with van der Waals surface area (Å²) in [5.74, 6) is -0.498. The predicted octanol–water partition coefficient (Wildman–Crippen LogP) is 5.72. The highest BCUT2D eigenvalue weighted by atomic mass is 16.5. The maximum atomic E-state index is 12.6. The first-order chi connectivity index (χ1) is 14.7. The summed E-state index contributed by atoms with van der Waals surface area (Å²) in [6, 6.07) is 18.7. The van der Waals surface area contributed by atoms with Crippen LogP contribution in [-0.2, 0) is 16.0 Å². The number of nitrogens with one attached hydrogen (secondary N) is 1. The number of amides is 1. The van der Waals surface area contributed by atoms with Crippen molar-refractivity contribution < 1.29 is 18.7 Å². The van der Waals surface area contributed by atoms with Crippen LogP contribution in [0.5, 0.6) is 0 Å². The second kappa shape index (κ2) is 8.82. The van der Waals surface area contributed by atoms with Crippen LogP contribution in [0.3, 0.4) is 0 Å². The van der Waals surface area contributed by atoms with E-state index >= 15 is 0 Å². The number of carbonyl (C=O) groups is 2. The van der Waals surface area contributed by atoms with Gasteiger partial charge in [-0.3, -0.25) is 4.79 Å². The molecule has 0 aliphatic carbocycles. The Morgan fingerprint density at radius 3 is 2.60 bits per heavy atom. The molecule has 152 valence electrons. The largest absolute Gasteiger partial charge is 0.464 e. The number of esters is 1. The molecule has 0 fully saturated rings. The molecule has 5 nitrogen and oxygen atoms in total. The first kappa shape index (κ1) is 19.7. The third-order valence-electron chi connectivity index (χ3n) is 5.03. The van der Waals surface area contributed by atoms with Gasteiger partial charge in [-0.25, -0.2) is 4.79 Å². The molecule has 0 aliphatic rings. The summed E-state index contributed by atoms with van der Waals surface area (Å²) >= 11 is 0. The summed E-state index contributed by atoms with van der Waals surface area (Å²) in [4.78, 5) is 24.6. The van der Waals surface area contributed by atoms with Crippen molar-refractivity contribution in [2.75, 3.05) is 11.9 Å². The lowest BCUT2D eigenvalue weighted by Crippen LogP contribution is -2.14. The maximum absolute atomic E-state index is 12.6. The van der Waals surface area contributed by atoms with Gasteiger partial charge in [-0.2, -0.15) is 0 Å². The Kier molecular flexibility index (Phi) is 5.80. The van der Waals surface area contributed by atoms with E-state index < -0.39 is 0 Å². The molecule has 0 saturated heterocycles. The van der Waals surface area contributed by atoms with Gasteiger partial charge in [-0.1, -0.05) is 43.7 Å². The van der Waals surface area contributed by atoms with E-state index in [2.05, 4.69) is 5.32 Å². The van der Waals surface area contributed by atoms with Gasteiger partial charge in [0.05, 0.1) is 24.9 Å². The number of anilines is 1. The van der Waals surface area contributed by atoms with E-state index in [1.54, 1.807) is 30.5 Å². The van der Waals surface area contributed by atoms with Crippen LogP contribution >= 0.6 is 0 Å². The van der Waals surface area contributed by atoms with Gasteiger partial charge in [0.25, 0.3) is 0 Å². The van der Waals surface area contributed by atoms with E-state index in [0.717, 1.165) is 40.1 Å². The van der Waals surface area contributed by atoms with Crippen molar-refractivity contribution in [3.63, 3.8) is 0 Å². The summed E-state index contributed by atoms with van der Waals surface area (Å²) in [5, 5.41) is 6.02. The molecule has 5 heteroatoms. The summed E-state index contributed by atoms with van der Waals surface area (Å²) in [6.07, 6.45) is 3.66. The predicted molar refractivity (Wildman–Crippen MR) is 118 cm³/mol. The lowest BCUT2D eigenvalue weighted by molar-refractivity contribution is -0.115. The summed E-state index contributed by atoms with van der Waals surface area (Å²) in [6.45, 7) is 2.46. The topological polar surface area (TPSA) is 68.5 Å². The number of unbranched alkanes of at least 4 members (excludes halogenated alkanes) is 1. The summed E-state index contributed by atoms with van der Waals surface area (Å²) < 4.78 is 10.9. The number of fused-ring (bicyclic) bond motifs is 3. The average Bonchev–Trinajstić information content (AvgIpc) is 3.17. The fourth-order valence-corrected chi connectivity index (χ4v) is 3.46. The SMILES string of the molecule is CCCCOC(=O)c1ccc(NC(=O)Cc2coc3ccc4ccccc4c23)cc1. The number of benzene rings is 3. The van der Waals surface area contributed by atoms with Crippen LogP contribution < -0.4 is 5.32 Å². The van der Waals surface area contributed by atoms with Crippen LogP contribution in [-0.4, -0.2) is 18.5 Å². The number of ether oxygens (including phenoxy) is 1. The van der Waals surface area contributed by atoms with Gasteiger partial charge < -0.3 is 14.5 Å². The van der Waals surface area contributed by atoms with Crippen molar-refractivity contribution in [2.24, 2.45) is 0 Å². The van der Waals surface area contributed by atoms with E-state index in [1.165, 1.54) is 0 Å². The Morgan fingerprint density at radius 2 is 1.80 bits per heavy atom. The minimum absolute atomic E-state index is 0.149. The maximum Gasteiger partial charge on any atom is 0.338 e. The van der Waals surface area contributed by atoms with Crippen LogP contribution in [0.15, 0.2) is 71.3 Å². The Labute approximate surface area is 174 Å². The number of rotatable bonds is 7. The molecule has 1 aromatic heterocycles. The van der Waals surface area contributed by atoms with E-state index in [9.17, 15) is 9.59 Å². The van der Waals surface area contributed by atoms with Gasteiger partial charge in [0.1, 0.15) is 5.58 Å². The highest BCUT2D eigenvalue weighted by Crippen LogP contribution is 2.30. The van der Waals surface area contributed by atoms with Crippen molar-refractivity contribution in [1.82, 2.24) is 0 Å². The Hall–Kier alpha value is -3.60. The normalized spacial score (nSPS) is 11.0. The van der Waals surface area contributed by atoms with Gasteiger partial charge in [0.2, 0.25) is 5.91 Å². The molecule has 1 heterocycles. The molecule has 0 atom stereocenters. The van der Waals surface area contributed by atoms with E-state index in [0.29, 0.717) is 17.9 Å². The van der Waals surface area contributed by atoms with E-state index in [-0.39, 0.29) is 18.3 Å². The van der Waals surface area contributed by atoms with Crippen molar-refractivity contribution in [2.45, 2.75) is 26.2 Å². The first-order valence-electron chi connectivity index (χ1n) is 10.1. The number of furan rings is 1. The number of hydrogen-bond donors (Lipinski definition) is 1. The lowest BCUT2D eigenvalue weighted by atomic mass is 10.0. The van der Waals surface area contributed by atoms with Crippen LogP contribution in [0.2, 0.25) is 0 Å². The second-order valence-corrected chi connectivity index (χ2v) is 7.21. The fourth-order valence-electron chi connectivity index (χ4n) is 3.46. The zero-order valence-corrected chi connectivity index (χ0v) is 16.8. The molecule has 3 aromatic carbocycles. The summed E-state index contributed by atoms with van der Waals surface area (Å²) in [7, 11) is 0. The molecule has 0 radical (unpaired) electrons. The molecule has 0 saturated carbocycles. The highest BCUT2D eigenvalue weighted by molar-refractivity contribution is 6.09. The van der Waals surface area contributed by atoms with Gasteiger partial charge in [0, 0.05) is 16.6 Å². The second-order valence-electron chi connectivity index (χ2n) is 7.21. The molecule has 4 rings (SSSR count). The summed E-state index contributed by atoms with van der Waals surface area (Å²) in [5.41, 5.74) is 2.71. The fraction of sp³-hybridized carbons (Fsp3) is 0.200. The first-order valence-corrected chi connectivity index (χ1v) is 10.1. The molecular formula is C25H23NO4. The lowest BCUT2D eigenvalue weighted by Gasteiger charge is -2.07. The van der Waals surface area contributed by atoms with Crippen LogP contribution in [0.1, 0.15) is 35.7 Å². The zero-order valence-electron chi connectivity index (χ0n) is 16.8. The smallest absolute Gasteiger partial charge is 0.338 e. The van der Waals surface area contributed by atoms with Crippen LogP contribution in [0.4, 0.5) is 5.69 Å². The average molecular weight is 401 g/mol. The molecule has 4 aromatic rings. The minimum atomic E-state index is -0.349. The number of carbonyl (C=O) groups excluding carboxylic acids is 2. The molecule has 0 aliphatic heterocycles. The third-order valence-corrected chi connectivity index (χ3v) is 5.03. The molecule has 30 heavy (non-hydrogen) atoms. The van der Waals surface area contributed by atoms with E-state index in [1.807, 2.05) is 43.3 Å². The van der Waals surface area contributed by atoms with Crippen molar-refractivity contribution in [3.05, 3.63) is 78.1 Å². The zero-order chi connectivity index (χ0) is 20.9. The van der Waals surface area contributed by atoms with Gasteiger partial charge >= 0.3 is 5.97 Å². The molecular weight excluding hydrogens is 378 g/mol. The molecule has 0 unspecified atom stereocenters. The molecule has 1 N–H and O–H groups in total. The standard InChI is InChI=1S/C25H23NO4/c1-2-3-14-29-25(28)18-8-11-20(12-9-18)26-23(27)15-19-16-30-22-13-10-17-6-4-5-7-21(17)24(19)22/h4-13,16H,2-3,14-15H2,1H3,(H,26,27). The molecule has 0 spiro atoms. The minimum Gasteiger partial charge on any atom is -0.464 e. The Morgan fingerprint density at radius 1 is 1.00 bits per heavy atom. The van der Waals surface area contributed by atoms with Gasteiger partial charge in [-0.05, 0) is 47.5 Å². The third kappa shape index (κ3) is 4.20. The van der Waals surface area contributed by atoms with Gasteiger partial charge in [0.15, 0.2) is 0 Å². The molecule has 1 amide bonds. The van der Waals surface area contributed by atoms with Crippen LogP contribution in [0.25, 0.3) is 21.7 Å². The van der Waals surface area contributed by atoms with Crippen LogP contribution in [0, 0.1) is 0 Å². The highest BCUT2D eigenvalue weighted by Gasteiger charge is 2.14. The monoisotopic (exact) mass is 401 g/mol. The number of hydrogen-bond acceptors (Lipinski definition) is 4. The van der Waals surface area contributed by atoms with Crippen molar-refractivity contribution >= 4 is 39.3 Å². The van der Waals surface area contributed by atoms with Crippen molar-refractivity contribution in [3.8, 4) is 0 Å². The molecule has 0 bridgehead atoms. The van der Waals surface area contributed by atoms with Crippen molar-refractivity contribution in [1.29, 1.82) is 0 Å². The van der Waals surface area contributed by atoms with Gasteiger partial charge in [-0.15, -0.1) is 0 Å². The Balaban J connectivity index is 1.45.